The summed E-state index contributed by atoms with van der Waals surface area (Å²) in [5, 5.41) is 31.4. The number of Topliss-reactive ketones (excluding diaryl/α,β-unsaturated/α-hetero) is 1. The average Bonchev–Trinajstić information content (AvgIpc) is 3.13. The summed E-state index contributed by atoms with van der Waals surface area (Å²) in [6.07, 6.45) is 0. The summed E-state index contributed by atoms with van der Waals surface area (Å²) in [5.41, 5.74) is 0.658. The molecule has 4 rings (SSSR count). The van der Waals surface area contributed by atoms with Gasteiger partial charge in [-0.05, 0) is 35.4 Å². The van der Waals surface area contributed by atoms with Gasteiger partial charge in [0.05, 0.1) is 29.2 Å². The highest BCUT2D eigenvalue weighted by atomic mass is 16.6. The zero-order valence-corrected chi connectivity index (χ0v) is 19.0. The van der Waals surface area contributed by atoms with Crippen LogP contribution >= 0.6 is 0 Å². The van der Waals surface area contributed by atoms with Crippen LogP contribution in [0.3, 0.4) is 0 Å². The van der Waals surface area contributed by atoms with Gasteiger partial charge in [-0.25, -0.2) is 4.79 Å². The van der Waals surface area contributed by atoms with Crippen molar-refractivity contribution in [2.75, 3.05) is 7.11 Å². The molecule has 10 heteroatoms. The number of methoxy groups -OCH3 is 1. The van der Waals surface area contributed by atoms with Crippen molar-refractivity contribution in [3.8, 4) is 5.75 Å². The monoisotopic (exact) mass is 488 g/mol. The average molecular weight is 488 g/mol. The topological polar surface area (TPSA) is 147 Å². The Labute approximate surface area is 204 Å². The Hall–Kier alpha value is -4.99. The lowest BCUT2D eigenvalue weighted by Crippen LogP contribution is -2.29. The number of benzene rings is 3. The molecule has 1 fully saturated rings. The normalized spacial score (nSPS) is 16.7. The molecule has 2 N–H and O–H groups in total. The van der Waals surface area contributed by atoms with Crippen molar-refractivity contribution in [1.29, 1.82) is 0 Å². The lowest BCUT2D eigenvalue weighted by Gasteiger charge is -2.25. The number of hydrogen-bond acceptors (Lipinski definition) is 7. The highest BCUT2D eigenvalue weighted by molar-refractivity contribution is 6.46. The van der Waals surface area contributed by atoms with Crippen molar-refractivity contribution in [3.05, 3.63) is 111 Å². The van der Waals surface area contributed by atoms with E-state index in [1.54, 1.807) is 24.3 Å². The highest BCUT2D eigenvalue weighted by Crippen LogP contribution is 2.41. The number of rotatable bonds is 7. The molecule has 1 unspecified atom stereocenters. The largest absolute Gasteiger partial charge is 0.507 e. The summed E-state index contributed by atoms with van der Waals surface area (Å²) < 4.78 is 5.19. The number of carbonyl (C=O) groups is 3. The molecule has 0 spiro atoms. The van der Waals surface area contributed by atoms with Gasteiger partial charge in [-0.2, -0.15) is 0 Å². The first-order chi connectivity index (χ1) is 17.2. The Morgan fingerprint density at radius 2 is 1.67 bits per heavy atom. The molecule has 0 aliphatic carbocycles. The van der Waals surface area contributed by atoms with Crippen LogP contribution in [0.4, 0.5) is 5.69 Å². The van der Waals surface area contributed by atoms with E-state index in [-0.39, 0.29) is 28.9 Å². The number of carbonyl (C=O) groups excluding carboxylic acids is 2. The number of hydrogen-bond donors (Lipinski definition) is 2. The van der Waals surface area contributed by atoms with Gasteiger partial charge in [-0.15, -0.1) is 0 Å². The Morgan fingerprint density at radius 3 is 2.25 bits per heavy atom. The first-order valence-electron chi connectivity index (χ1n) is 10.7. The molecule has 3 aromatic rings. The third kappa shape index (κ3) is 4.51. The van der Waals surface area contributed by atoms with Crippen LogP contribution in [0.25, 0.3) is 5.76 Å². The minimum absolute atomic E-state index is 0.0199. The third-order valence-corrected chi connectivity index (χ3v) is 5.86. The van der Waals surface area contributed by atoms with Crippen LogP contribution in [-0.2, 0) is 16.1 Å². The summed E-state index contributed by atoms with van der Waals surface area (Å²) in [4.78, 5) is 49.3. The van der Waals surface area contributed by atoms with Crippen molar-refractivity contribution in [3.63, 3.8) is 0 Å². The molecule has 1 aliphatic rings. The summed E-state index contributed by atoms with van der Waals surface area (Å²) in [7, 11) is 1.49. The Kier molecular flexibility index (Phi) is 6.51. The first kappa shape index (κ1) is 24.1. The fraction of sp³-hybridized carbons (Fsp3) is 0.115. The molecule has 1 atom stereocenters. The van der Waals surface area contributed by atoms with E-state index in [1.165, 1.54) is 54.5 Å². The van der Waals surface area contributed by atoms with Gasteiger partial charge in [0, 0.05) is 24.2 Å². The number of ketones is 1. The maximum absolute atomic E-state index is 13.1. The van der Waals surface area contributed by atoms with Crippen LogP contribution < -0.4 is 4.74 Å². The summed E-state index contributed by atoms with van der Waals surface area (Å²) in [5.74, 6) is -2.91. The number of non-ortho nitro benzene ring substituents is 1. The minimum atomic E-state index is -1.10. The lowest BCUT2D eigenvalue weighted by atomic mass is 9.95. The number of carboxylic acids is 1. The number of nitrogens with zero attached hydrogens (tertiary/aromatic N) is 2. The zero-order valence-electron chi connectivity index (χ0n) is 19.0. The summed E-state index contributed by atoms with van der Waals surface area (Å²) in [6, 6.07) is 16.6. The zero-order chi connectivity index (χ0) is 26.0. The molecular weight excluding hydrogens is 468 g/mol. The van der Waals surface area contributed by atoms with Crippen LogP contribution in [-0.4, -0.2) is 44.8 Å². The molecule has 0 aromatic heterocycles. The van der Waals surface area contributed by atoms with Gasteiger partial charge >= 0.3 is 5.97 Å². The van der Waals surface area contributed by atoms with Crippen molar-refractivity contribution < 1.29 is 34.3 Å². The predicted octanol–water partition coefficient (Wildman–Crippen LogP) is 3.92. The Bertz CT molecular complexity index is 1390. The van der Waals surface area contributed by atoms with Gasteiger partial charge in [0.15, 0.2) is 0 Å². The number of nitro benzene ring substituents is 1. The van der Waals surface area contributed by atoms with Crippen LogP contribution in [0.15, 0.2) is 78.4 Å². The smallest absolute Gasteiger partial charge is 0.335 e. The SMILES string of the molecule is COc1ccc(C2/C(=C(/O)c3cccc([N+](=O)[O-])c3)C(=O)C(=O)N2Cc2ccc(C(=O)O)cc2)cc1. The van der Waals surface area contributed by atoms with Crippen LogP contribution in [0.5, 0.6) is 5.75 Å². The number of aliphatic hydroxyl groups is 1. The van der Waals surface area contributed by atoms with E-state index in [4.69, 9.17) is 9.84 Å². The number of amides is 1. The molecule has 10 nitrogen and oxygen atoms in total. The fourth-order valence-corrected chi connectivity index (χ4v) is 4.05. The first-order valence-corrected chi connectivity index (χ1v) is 10.7. The van der Waals surface area contributed by atoms with E-state index in [0.29, 0.717) is 16.9 Å². The standard InChI is InChI=1S/C26H20N2O8/c1-36-20-11-9-16(10-12-20)22-21(23(29)18-3-2-4-19(13-18)28(34)35)24(30)25(31)27(22)14-15-5-7-17(8-6-15)26(32)33/h2-13,22,29H,14H2,1H3,(H,32,33)/b23-21-. The molecule has 1 aliphatic heterocycles. The molecule has 36 heavy (non-hydrogen) atoms. The van der Waals surface area contributed by atoms with Gasteiger partial charge in [-0.3, -0.25) is 19.7 Å². The van der Waals surface area contributed by atoms with E-state index in [2.05, 4.69) is 0 Å². The molecule has 1 amide bonds. The summed E-state index contributed by atoms with van der Waals surface area (Å²) >= 11 is 0. The van der Waals surface area contributed by atoms with Crippen molar-refractivity contribution in [2.45, 2.75) is 12.6 Å². The minimum Gasteiger partial charge on any atom is -0.507 e. The lowest BCUT2D eigenvalue weighted by molar-refractivity contribution is -0.384. The third-order valence-electron chi connectivity index (χ3n) is 5.86. The highest BCUT2D eigenvalue weighted by Gasteiger charge is 2.46. The second kappa shape index (κ2) is 9.71. The second-order valence-electron chi connectivity index (χ2n) is 8.01. The van der Waals surface area contributed by atoms with E-state index >= 15 is 0 Å². The van der Waals surface area contributed by atoms with Crippen LogP contribution in [0.1, 0.15) is 33.1 Å². The van der Waals surface area contributed by atoms with Crippen molar-refractivity contribution in [1.82, 2.24) is 4.90 Å². The molecule has 3 aromatic carbocycles. The maximum atomic E-state index is 13.1. The molecule has 0 radical (unpaired) electrons. The summed E-state index contributed by atoms with van der Waals surface area (Å²) in [6.45, 7) is -0.0487. The van der Waals surface area contributed by atoms with Gasteiger partial charge < -0.3 is 19.8 Å². The second-order valence-corrected chi connectivity index (χ2v) is 8.01. The number of ether oxygens (including phenoxy) is 1. The van der Waals surface area contributed by atoms with Crippen molar-refractivity contribution >= 4 is 29.1 Å². The van der Waals surface area contributed by atoms with Gasteiger partial charge in [0.2, 0.25) is 0 Å². The number of likely N-dealkylation sites (tertiary alicyclic amines) is 1. The Morgan fingerprint density at radius 1 is 1.00 bits per heavy atom. The molecule has 1 saturated heterocycles. The molecule has 1 heterocycles. The Balaban J connectivity index is 1.83. The van der Waals surface area contributed by atoms with Crippen molar-refractivity contribution in [2.24, 2.45) is 0 Å². The fourth-order valence-electron chi connectivity index (χ4n) is 4.05. The molecule has 0 saturated carbocycles. The van der Waals surface area contributed by atoms with Crippen LogP contribution in [0, 0.1) is 10.1 Å². The molecule has 0 bridgehead atoms. The maximum Gasteiger partial charge on any atom is 0.335 e. The predicted molar refractivity (Wildman–Crippen MR) is 127 cm³/mol. The number of aromatic carboxylic acids is 1. The number of carboxylic acid groups (broad SMARTS) is 1. The van der Waals surface area contributed by atoms with E-state index in [9.17, 15) is 29.6 Å². The van der Waals surface area contributed by atoms with Gasteiger partial charge in [0.25, 0.3) is 17.4 Å². The number of nitro groups is 1. The van der Waals surface area contributed by atoms with E-state index in [1.807, 2.05) is 0 Å². The van der Waals surface area contributed by atoms with E-state index < -0.39 is 34.4 Å². The van der Waals surface area contributed by atoms with Gasteiger partial charge in [-0.1, -0.05) is 36.4 Å². The van der Waals surface area contributed by atoms with E-state index in [0.717, 1.165) is 6.07 Å². The van der Waals surface area contributed by atoms with Crippen LogP contribution in [0.2, 0.25) is 0 Å². The van der Waals surface area contributed by atoms with Gasteiger partial charge in [0.1, 0.15) is 11.5 Å². The quantitative estimate of drug-likeness (QED) is 0.167. The molecular formula is C26H20N2O8. The number of aliphatic hydroxyl groups excluding tert-OH is 1. The molecule has 182 valence electrons.